The summed E-state index contributed by atoms with van der Waals surface area (Å²) < 4.78 is 26.4. The van der Waals surface area contributed by atoms with Crippen LogP contribution in [-0.2, 0) is 14.8 Å². The minimum atomic E-state index is -3.62. The number of nitrogens with one attached hydrogen (secondary N) is 1. The summed E-state index contributed by atoms with van der Waals surface area (Å²) in [6, 6.07) is 5.49. The lowest BCUT2D eigenvalue weighted by molar-refractivity contribution is -0.114. The molecule has 1 N–H and O–H groups in total. The number of benzene rings is 1. The number of hydrogen-bond acceptors (Lipinski definition) is 7. The van der Waals surface area contributed by atoms with Gasteiger partial charge in [-0.15, -0.1) is 10.2 Å². The number of para-hydroxylation sites is 1. The van der Waals surface area contributed by atoms with Crippen molar-refractivity contribution in [2.24, 2.45) is 0 Å². The van der Waals surface area contributed by atoms with E-state index >= 15 is 0 Å². The van der Waals surface area contributed by atoms with Gasteiger partial charge >= 0.3 is 0 Å². The fourth-order valence-corrected chi connectivity index (χ4v) is 5.02. The zero-order chi connectivity index (χ0) is 19.3. The van der Waals surface area contributed by atoms with Gasteiger partial charge in [0, 0.05) is 5.75 Å². The highest BCUT2D eigenvalue weighted by molar-refractivity contribution is 8.01. The van der Waals surface area contributed by atoms with Crippen LogP contribution < -0.4 is 9.62 Å². The van der Waals surface area contributed by atoms with Gasteiger partial charge in [-0.25, -0.2) is 8.42 Å². The average Bonchev–Trinajstić information content (AvgIpc) is 2.98. The third-order valence-corrected chi connectivity index (χ3v) is 6.75. The normalized spacial score (nSPS) is 11.4. The Labute approximate surface area is 162 Å². The van der Waals surface area contributed by atoms with Crippen molar-refractivity contribution in [3.05, 3.63) is 29.3 Å². The number of carbonyl (C=O) groups is 1. The molecular formula is C16H22N4O3S3. The van der Waals surface area contributed by atoms with E-state index in [1.165, 1.54) is 11.3 Å². The van der Waals surface area contributed by atoms with Crippen LogP contribution in [0, 0.1) is 13.8 Å². The molecule has 0 aliphatic heterocycles. The van der Waals surface area contributed by atoms with Crippen LogP contribution in [0.15, 0.2) is 22.5 Å². The van der Waals surface area contributed by atoms with Gasteiger partial charge in [-0.05, 0) is 31.4 Å². The molecule has 0 bridgehead atoms. The highest BCUT2D eigenvalue weighted by Crippen LogP contribution is 2.28. The van der Waals surface area contributed by atoms with Gasteiger partial charge in [-0.3, -0.25) is 14.4 Å². The van der Waals surface area contributed by atoms with Gasteiger partial charge < -0.3 is 0 Å². The van der Waals surface area contributed by atoms with E-state index < -0.39 is 15.9 Å². The largest absolute Gasteiger partial charge is 0.299 e. The molecule has 0 saturated heterocycles. The highest BCUT2D eigenvalue weighted by atomic mass is 32.2. The van der Waals surface area contributed by atoms with E-state index in [2.05, 4.69) is 22.4 Å². The Kier molecular flexibility index (Phi) is 7.01. The second-order valence-corrected chi connectivity index (χ2v) is 10.0. The molecule has 0 atom stereocenters. The number of hydrogen-bond donors (Lipinski definition) is 1. The standard InChI is InChI=1S/C16H22N4O3S3/c1-5-9-24-16-19-18-15(25-16)17-13(21)10-20(26(4,22)23)14-11(2)7-6-8-12(14)3/h6-8H,5,9-10H2,1-4H3,(H,17,18,21). The zero-order valence-corrected chi connectivity index (χ0v) is 17.6. The third-order valence-electron chi connectivity index (χ3n) is 3.46. The molecule has 1 aromatic heterocycles. The predicted molar refractivity (Wildman–Crippen MR) is 108 cm³/mol. The Morgan fingerprint density at radius 2 is 1.92 bits per heavy atom. The third kappa shape index (κ3) is 5.42. The maximum atomic E-state index is 12.4. The first-order valence-corrected chi connectivity index (χ1v) is 11.7. The number of rotatable bonds is 8. The van der Waals surface area contributed by atoms with Crippen LogP contribution in [0.4, 0.5) is 10.8 Å². The van der Waals surface area contributed by atoms with Gasteiger partial charge in [0.1, 0.15) is 6.54 Å². The fraction of sp³-hybridized carbons (Fsp3) is 0.438. The van der Waals surface area contributed by atoms with Crippen molar-refractivity contribution in [3.8, 4) is 0 Å². The van der Waals surface area contributed by atoms with Crippen molar-refractivity contribution >= 4 is 49.8 Å². The van der Waals surface area contributed by atoms with Crippen LogP contribution >= 0.6 is 23.1 Å². The lowest BCUT2D eigenvalue weighted by atomic mass is 10.1. The summed E-state index contributed by atoms with van der Waals surface area (Å²) in [7, 11) is -3.62. The molecule has 0 radical (unpaired) electrons. The lowest BCUT2D eigenvalue weighted by Crippen LogP contribution is -2.38. The summed E-state index contributed by atoms with van der Waals surface area (Å²) in [6.45, 7) is 5.40. The quantitative estimate of drug-likeness (QED) is 0.527. The number of carbonyl (C=O) groups excluding carboxylic acids is 1. The predicted octanol–water partition coefficient (Wildman–Crippen LogP) is 3.06. The monoisotopic (exact) mass is 414 g/mol. The van der Waals surface area contributed by atoms with Crippen LogP contribution in [0.5, 0.6) is 0 Å². The highest BCUT2D eigenvalue weighted by Gasteiger charge is 2.24. The summed E-state index contributed by atoms with van der Waals surface area (Å²) in [5.41, 5.74) is 2.11. The van der Waals surface area contributed by atoms with E-state index in [-0.39, 0.29) is 6.54 Å². The molecule has 0 unspecified atom stereocenters. The van der Waals surface area contributed by atoms with Crippen LogP contribution in [0.1, 0.15) is 24.5 Å². The smallest absolute Gasteiger partial charge is 0.246 e. The van der Waals surface area contributed by atoms with Crippen molar-refractivity contribution < 1.29 is 13.2 Å². The minimum Gasteiger partial charge on any atom is -0.299 e. The van der Waals surface area contributed by atoms with Crippen LogP contribution in [0.2, 0.25) is 0 Å². The minimum absolute atomic E-state index is 0.318. The van der Waals surface area contributed by atoms with Gasteiger partial charge in [0.25, 0.3) is 0 Å². The first kappa shape index (κ1) is 20.7. The average molecular weight is 415 g/mol. The van der Waals surface area contributed by atoms with E-state index in [0.717, 1.165) is 38.2 Å². The first-order valence-electron chi connectivity index (χ1n) is 8.02. The molecule has 2 aromatic rings. The van der Waals surface area contributed by atoms with E-state index in [4.69, 9.17) is 0 Å². The maximum Gasteiger partial charge on any atom is 0.246 e. The SMILES string of the molecule is CCCSc1nnc(NC(=O)CN(c2c(C)cccc2C)S(C)(=O)=O)s1. The topological polar surface area (TPSA) is 92.3 Å². The van der Waals surface area contributed by atoms with Gasteiger partial charge in [-0.2, -0.15) is 0 Å². The number of anilines is 2. The first-order chi connectivity index (χ1) is 12.2. The van der Waals surface area contributed by atoms with Gasteiger partial charge in [-0.1, -0.05) is 48.2 Å². The van der Waals surface area contributed by atoms with Crippen LogP contribution in [0.3, 0.4) is 0 Å². The summed E-state index contributed by atoms with van der Waals surface area (Å²) in [6.07, 6.45) is 2.11. The fourth-order valence-electron chi connectivity index (χ4n) is 2.36. The number of aromatic nitrogens is 2. The Balaban J connectivity index is 2.16. The van der Waals surface area contributed by atoms with Crippen molar-refractivity contribution in [2.45, 2.75) is 31.5 Å². The zero-order valence-electron chi connectivity index (χ0n) is 15.1. The Hall–Kier alpha value is -1.65. The number of thioether (sulfide) groups is 1. The molecule has 0 spiro atoms. The Bertz CT molecular complexity index is 860. The molecule has 2 rings (SSSR count). The molecule has 1 heterocycles. The van der Waals surface area contributed by atoms with Gasteiger partial charge in [0.05, 0.1) is 11.9 Å². The van der Waals surface area contributed by atoms with E-state index in [0.29, 0.717) is 10.8 Å². The molecule has 10 heteroatoms. The summed E-state index contributed by atoms with van der Waals surface area (Å²) in [4.78, 5) is 12.4. The van der Waals surface area contributed by atoms with Gasteiger partial charge in [0.2, 0.25) is 21.1 Å². The molecule has 142 valence electrons. The number of sulfonamides is 1. The van der Waals surface area contributed by atoms with Crippen molar-refractivity contribution in [2.75, 3.05) is 28.2 Å². The second kappa shape index (κ2) is 8.83. The number of nitrogens with zero attached hydrogens (tertiary/aromatic N) is 3. The summed E-state index contributed by atoms with van der Waals surface area (Å²) in [5, 5.41) is 10.9. The van der Waals surface area contributed by atoms with E-state index in [1.54, 1.807) is 11.8 Å². The Morgan fingerprint density at radius 1 is 1.27 bits per heavy atom. The number of amides is 1. The maximum absolute atomic E-state index is 12.4. The molecule has 1 aromatic carbocycles. The number of aryl methyl sites for hydroxylation is 2. The molecule has 1 amide bonds. The van der Waals surface area contributed by atoms with Crippen molar-refractivity contribution in [1.82, 2.24) is 10.2 Å². The summed E-state index contributed by atoms with van der Waals surface area (Å²) >= 11 is 2.85. The van der Waals surface area contributed by atoms with E-state index in [9.17, 15) is 13.2 Å². The second-order valence-electron chi connectivity index (χ2n) is 5.78. The molecule has 0 aliphatic carbocycles. The molecule has 26 heavy (non-hydrogen) atoms. The van der Waals surface area contributed by atoms with Gasteiger partial charge in [0.15, 0.2) is 4.34 Å². The summed E-state index contributed by atoms with van der Waals surface area (Å²) in [5.74, 6) is 0.470. The van der Waals surface area contributed by atoms with Crippen molar-refractivity contribution in [3.63, 3.8) is 0 Å². The van der Waals surface area contributed by atoms with Crippen LogP contribution in [-0.4, -0.2) is 43.1 Å². The molecule has 0 aliphatic rings. The lowest BCUT2D eigenvalue weighted by Gasteiger charge is -2.25. The van der Waals surface area contributed by atoms with E-state index in [1.807, 2.05) is 32.0 Å². The van der Waals surface area contributed by atoms with Crippen molar-refractivity contribution in [1.29, 1.82) is 0 Å². The Morgan fingerprint density at radius 3 is 2.50 bits per heavy atom. The molecule has 0 fully saturated rings. The van der Waals surface area contributed by atoms with Crippen LogP contribution in [0.25, 0.3) is 0 Å². The molecule has 7 nitrogen and oxygen atoms in total. The molecule has 0 saturated carbocycles. The molecular weight excluding hydrogens is 392 g/mol.